The molecule has 1 aromatic rings. The Labute approximate surface area is 246 Å². The lowest BCUT2D eigenvalue weighted by Gasteiger charge is -2.34. The lowest BCUT2D eigenvalue weighted by atomic mass is 9.97. The highest BCUT2D eigenvalue weighted by molar-refractivity contribution is 6.22. The van der Waals surface area contributed by atoms with Gasteiger partial charge in [-0.1, -0.05) is 12.1 Å². The molecule has 1 aliphatic rings. The summed E-state index contributed by atoms with van der Waals surface area (Å²) < 4.78 is 0. The molecule has 0 unspecified atom stereocenters. The lowest BCUT2D eigenvalue weighted by molar-refractivity contribution is -0.141. The maximum atomic E-state index is 11.7. The molecule has 1 saturated heterocycles. The number of carboxylic acid groups (broad SMARTS) is 4. The molecule has 1 aliphatic heterocycles. The smallest absolute Gasteiger partial charge is 0.317 e. The van der Waals surface area contributed by atoms with Crippen molar-refractivity contribution in [1.82, 2.24) is 19.6 Å². The van der Waals surface area contributed by atoms with Crippen LogP contribution in [0, 0.1) is 5.92 Å². The van der Waals surface area contributed by atoms with Crippen LogP contribution in [0.2, 0.25) is 6.32 Å². The van der Waals surface area contributed by atoms with Gasteiger partial charge in [0.1, 0.15) is 0 Å². The fourth-order valence-corrected chi connectivity index (χ4v) is 5.05. The maximum absolute atomic E-state index is 11.7. The molecule has 0 atom stereocenters. The number of nitrogens with one attached hydrogen (secondary N) is 1. The van der Waals surface area contributed by atoms with Crippen LogP contribution in [0.15, 0.2) is 24.3 Å². The largest absolute Gasteiger partial charge is 0.480 e. The van der Waals surface area contributed by atoms with Crippen molar-refractivity contribution in [2.75, 3.05) is 83.9 Å². The zero-order valence-corrected chi connectivity index (χ0v) is 23.7. The van der Waals surface area contributed by atoms with Crippen molar-refractivity contribution in [3.05, 3.63) is 29.8 Å². The number of amides is 1. The fourth-order valence-electron chi connectivity index (χ4n) is 5.05. The van der Waals surface area contributed by atoms with Gasteiger partial charge in [0.2, 0.25) is 5.91 Å². The average Bonchev–Trinajstić information content (AvgIpc) is 2.89. The van der Waals surface area contributed by atoms with Crippen LogP contribution in [0.3, 0.4) is 0 Å². The standard InChI is InChI=1S/C27H40BN5O9/c28-13-23(34)29-22-4-2-20(3-5-22)12-21-14-32(18-26(39)40)10-8-30(16-24(35)36)6-1-7-31(17-25(37)38)9-11-33(15-21)19-27(41)42/h2-5,21H,1,6-19H2,(H,29,34)(H,35,36)(H,37,38)(H,39,40)(H,41,42). The second-order valence-electron chi connectivity index (χ2n) is 10.5. The summed E-state index contributed by atoms with van der Waals surface area (Å²) >= 11 is 0. The van der Waals surface area contributed by atoms with Gasteiger partial charge in [-0.3, -0.25) is 43.6 Å². The van der Waals surface area contributed by atoms with E-state index >= 15 is 0 Å². The van der Waals surface area contributed by atoms with Crippen molar-refractivity contribution in [2.24, 2.45) is 5.92 Å². The Morgan fingerprint density at radius 3 is 1.48 bits per heavy atom. The Morgan fingerprint density at radius 2 is 1.07 bits per heavy atom. The molecule has 1 fully saturated rings. The monoisotopic (exact) mass is 589 g/mol. The lowest BCUT2D eigenvalue weighted by Crippen LogP contribution is -2.47. The van der Waals surface area contributed by atoms with Gasteiger partial charge in [0.25, 0.3) is 0 Å². The van der Waals surface area contributed by atoms with Crippen molar-refractivity contribution >= 4 is 43.3 Å². The molecule has 0 aliphatic carbocycles. The van der Waals surface area contributed by atoms with Gasteiger partial charge >= 0.3 is 23.9 Å². The van der Waals surface area contributed by atoms with E-state index in [9.17, 15) is 44.4 Å². The first-order valence-corrected chi connectivity index (χ1v) is 13.8. The van der Waals surface area contributed by atoms with Crippen molar-refractivity contribution in [3.8, 4) is 0 Å². The van der Waals surface area contributed by atoms with Gasteiger partial charge in [-0.05, 0) is 42.8 Å². The van der Waals surface area contributed by atoms with Gasteiger partial charge in [-0.2, -0.15) is 0 Å². The van der Waals surface area contributed by atoms with Gasteiger partial charge in [0.05, 0.1) is 34.0 Å². The molecule has 0 spiro atoms. The maximum Gasteiger partial charge on any atom is 0.317 e. The van der Waals surface area contributed by atoms with Crippen LogP contribution < -0.4 is 5.32 Å². The number of hydrogen-bond acceptors (Lipinski definition) is 9. The van der Waals surface area contributed by atoms with Gasteiger partial charge in [-0.15, -0.1) is 0 Å². The molecule has 15 heteroatoms. The molecule has 1 aromatic carbocycles. The number of aliphatic carboxylic acids is 4. The predicted octanol–water partition coefficient (Wildman–Crippen LogP) is -0.679. The number of carbonyl (C=O) groups is 5. The first kappa shape index (κ1) is 34.7. The van der Waals surface area contributed by atoms with Crippen molar-refractivity contribution in [2.45, 2.75) is 19.2 Å². The zero-order valence-electron chi connectivity index (χ0n) is 23.7. The SMILES string of the molecule is [B]CC(=O)Nc1ccc(CC2CN(CC(=O)O)CCN(CC(=O)O)CCCN(CC(=O)O)CCN(CC(=O)O)C2)cc1. The number of nitrogens with zero attached hydrogens (tertiary/aromatic N) is 4. The molecule has 1 amide bonds. The van der Waals surface area contributed by atoms with Crippen LogP contribution in [0.1, 0.15) is 12.0 Å². The third-order valence-electron chi connectivity index (χ3n) is 6.83. The number of carboxylic acids is 4. The number of carbonyl (C=O) groups excluding carboxylic acids is 1. The third-order valence-corrected chi connectivity index (χ3v) is 6.83. The van der Waals surface area contributed by atoms with E-state index in [2.05, 4.69) is 5.32 Å². The second-order valence-corrected chi connectivity index (χ2v) is 10.5. The van der Waals surface area contributed by atoms with Crippen LogP contribution in [-0.2, 0) is 30.4 Å². The summed E-state index contributed by atoms with van der Waals surface area (Å²) in [7, 11) is 5.35. The van der Waals surface area contributed by atoms with Gasteiger partial charge in [0, 0.05) is 58.0 Å². The van der Waals surface area contributed by atoms with E-state index in [1.807, 2.05) is 12.1 Å². The van der Waals surface area contributed by atoms with E-state index in [0.29, 0.717) is 57.8 Å². The zero-order chi connectivity index (χ0) is 31.1. The molecule has 0 saturated carbocycles. The number of anilines is 1. The highest BCUT2D eigenvalue weighted by Gasteiger charge is 2.24. The van der Waals surface area contributed by atoms with Crippen molar-refractivity contribution in [1.29, 1.82) is 0 Å². The van der Waals surface area contributed by atoms with E-state index < -0.39 is 23.9 Å². The van der Waals surface area contributed by atoms with E-state index in [-0.39, 0.29) is 57.4 Å². The van der Waals surface area contributed by atoms with Crippen molar-refractivity contribution < 1.29 is 44.4 Å². The van der Waals surface area contributed by atoms with Gasteiger partial charge < -0.3 is 25.7 Å². The second kappa shape index (κ2) is 18.1. The quantitative estimate of drug-likeness (QED) is 0.193. The van der Waals surface area contributed by atoms with Gasteiger partial charge in [0.15, 0.2) is 0 Å². The third kappa shape index (κ3) is 14.4. The summed E-state index contributed by atoms with van der Waals surface area (Å²) in [5, 5.41) is 40.6. The Balaban J connectivity index is 2.35. The first-order chi connectivity index (χ1) is 19.9. The molecule has 42 heavy (non-hydrogen) atoms. The Hall–Kier alpha value is -3.53. The summed E-state index contributed by atoms with van der Waals surface area (Å²) in [5.41, 5.74) is 1.45. The van der Waals surface area contributed by atoms with E-state index in [1.165, 1.54) is 0 Å². The molecule has 1 heterocycles. The Bertz CT molecular complexity index is 1010. The van der Waals surface area contributed by atoms with E-state index in [1.54, 1.807) is 31.7 Å². The van der Waals surface area contributed by atoms with E-state index in [0.717, 1.165) is 5.56 Å². The molecular formula is C27H40BN5O9. The summed E-state index contributed by atoms with van der Waals surface area (Å²) in [6, 6.07) is 7.10. The van der Waals surface area contributed by atoms with Crippen LogP contribution in [0.4, 0.5) is 5.69 Å². The van der Waals surface area contributed by atoms with Crippen LogP contribution in [0.5, 0.6) is 0 Å². The molecule has 5 N–H and O–H groups in total. The molecule has 0 aromatic heterocycles. The molecule has 0 bridgehead atoms. The fraction of sp³-hybridized carbons (Fsp3) is 0.593. The average molecular weight is 589 g/mol. The van der Waals surface area contributed by atoms with Crippen LogP contribution >= 0.6 is 0 Å². The summed E-state index contributed by atoms with van der Waals surface area (Å²) in [6.07, 6.45) is 0.800. The molecule has 14 nitrogen and oxygen atoms in total. The molecule has 2 radical (unpaired) electrons. The summed E-state index contributed by atoms with van der Waals surface area (Å²) in [4.78, 5) is 64.9. The highest BCUT2D eigenvalue weighted by atomic mass is 16.4. The first-order valence-electron chi connectivity index (χ1n) is 13.8. The number of benzene rings is 1. The molecule has 230 valence electrons. The Morgan fingerprint density at radius 1 is 0.667 bits per heavy atom. The van der Waals surface area contributed by atoms with Crippen LogP contribution in [-0.4, -0.2) is 156 Å². The number of rotatable bonds is 12. The Kier molecular flexibility index (Phi) is 14.9. The minimum absolute atomic E-state index is 0.156. The molecule has 2 rings (SSSR count). The topological polar surface area (TPSA) is 191 Å². The minimum atomic E-state index is -1.04. The van der Waals surface area contributed by atoms with Crippen LogP contribution in [0.25, 0.3) is 0 Å². The number of hydrogen-bond donors (Lipinski definition) is 5. The predicted molar refractivity (Wildman–Crippen MR) is 154 cm³/mol. The van der Waals surface area contributed by atoms with Gasteiger partial charge in [-0.25, -0.2) is 0 Å². The highest BCUT2D eigenvalue weighted by Crippen LogP contribution is 2.17. The summed E-state index contributed by atoms with van der Waals surface area (Å²) in [6.45, 7) is 1.47. The van der Waals surface area contributed by atoms with Crippen molar-refractivity contribution in [3.63, 3.8) is 0 Å². The molecular weight excluding hydrogens is 549 g/mol. The van der Waals surface area contributed by atoms with E-state index in [4.69, 9.17) is 7.85 Å². The minimum Gasteiger partial charge on any atom is -0.480 e. The summed E-state index contributed by atoms with van der Waals surface area (Å²) in [5.74, 6) is -4.67. The normalized spacial score (nSPS) is 17.7.